The third-order valence-corrected chi connectivity index (χ3v) is 2.81. The molecule has 1 aromatic rings. The number of tetrazole rings is 1. The Labute approximate surface area is 83.7 Å². The van der Waals surface area contributed by atoms with Gasteiger partial charge >= 0.3 is 0 Å². The minimum absolute atomic E-state index is 0.441. The molecule has 2 atom stereocenters. The van der Waals surface area contributed by atoms with Gasteiger partial charge in [0.05, 0.1) is 0 Å². The first-order valence-electron chi connectivity index (χ1n) is 5.21. The van der Waals surface area contributed by atoms with Gasteiger partial charge in [-0.2, -0.15) is 5.21 Å². The van der Waals surface area contributed by atoms with Gasteiger partial charge < -0.3 is 5.32 Å². The average Bonchev–Trinajstić information content (AvgIpc) is 2.70. The fourth-order valence-electron chi connectivity index (χ4n) is 2.21. The molecule has 0 radical (unpaired) electrons. The predicted molar refractivity (Wildman–Crippen MR) is 52.7 cm³/mol. The third-order valence-electron chi connectivity index (χ3n) is 2.81. The van der Waals surface area contributed by atoms with Gasteiger partial charge in [0, 0.05) is 12.5 Å². The molecular formula is C9H17N5. The molecule has 0 unspecified atom stereocenters. The summed E-state index contributed by atoms with van der Waals surface area (Å²) < 4.78 is 0. The molecule has 0 aliphatic carbocycles. The van der Waals surface area contributed by atoms with Crippen molar-refractivity contribution < 1.29 is 0 Å². The van der Waals surface area contributed by atoms with Crippen molar-refractivity contribution in [2.75, 3.05) is 13.1 Å². The van der Waals surface area contributed by atoms with Crippen LogP contribution in [0.3, 0.4) is 0 Å². The van der Waals surface area contributed by atoms with Gasteiger partial charge in [0.1, 0.15) is 0 Å². The third kappa shape index (κ3) is 1.92. The van der Waals surface area contributed by atoms with E-state index in [1.54, 1.807) is 0 Å². The molecular weight excluding hydrogens is 178 g/mol. The Balaban J connectivity index is 2.04. The fraction of sp³-hybridized carbons (Fsp3) is 0.889. The number of nitrogens with zero attached hydrogens (tertiary/aromatic N) is 3. The molecule has 1 saturated heterocycles. The number of nitrogens with one attached hydrogen (secondary N) is 2. The minimum atomic E-state index is 0.441. The molecule has 2 heterocycles. The summed E-state index contributed by atoms with van der Waals surface area (Å²) >= 11 is 0. The Hall–Kier alpha value is -0.970. The molecule has 0 aromatic carbocycles. The summed E-state index contributed by atoms with van der Waals surface area (Å²) in [6.45, 7) is 6.57. The van der Waals surface area contributed by atoms with Crippen LogP contribution in [0.5, 0.6) is 0 Å². The van der Waals surface area contributed by atoms with Crippen LogP contribution in [0.25, 0.3) is 0 Å². The van der Waals surface area contributed by atoms with E-state index in [-0.39, 0.29) is 0 Å². The van der Waals surface area contributed by atoms with E-state index < -0.39 is 0 Å². The second-order valence-electron chi connectivity index (χ2n) is 4.42. The van der Waals surface area contributed by atoms with Gasteiger partial charge in [0.25, 0.3) is 0 Å². The average molecular weight is 195 g/mol. The number of hydrogen-bond donors (Lipinski definition) is 2. The molecule has 5 heteroatoms. The van der Waals surface area contributed by atoms with Crippen molar-refractivity contribution in [3.05, 3.63) is 5.82 Å². The molecule has 14 heavy (non-hydrogen) atoms. The highest BCUT2D eigenvalue weighted by molar-refractivity contribution is 5.00. The number of rotatable bonds is 3. The smallest absolute Gasteiger partial charge is 0.179 e. The molecule has 78 valence electrons. The summed E-state index contributed by atoms with van der Waals surface area (Å²) in [7, 11) is 0. The maximum Gasteiger partial charge on any atom is 0.179 e. The van der Waals surface area contributed by atoms with E-state index in [9.17, 15) is 0 Å². The summed E-state index contributed by atoms with van der Waals surface area (Å²) in [5.74, 6) is 2.69. The Bertz CT molecular complexity index is 269. The Kier molecular flexibility index (Phi) is 2.77. The first-order valence-corrected chi connectivity index (χ1v) is 5.21. The second-order valence-corrected chi connectivity index (χ2v) is 4.42. The molecule has 1 aromatic heterocycles. The summed E-state index contributed by atoms with van der Waals surface area (Å²) in [6, 6.07) is 0. The lowest BCUT2D eigenvalue weighted by Gasteiger charge is -2.16. The number of aromatic nitrogens is 4. The summed E-state index contributed by atoms with van der Waals surface area (Å²) in [5.41, 5.74) is 0. The minimum Gasteiger partial charge on any atom is -0.316 e. The van der Waals surface area contributed by atoms with E-state index in [2.05, 4.69) is 39.8 Å². The van der Waals surface area contributed by atoms with Crippen LogP contribution in [-0.2, 0) is 0 Å². The first-order chi connectivity index (χ1) is 6.77. The summed E-state index contributed by atoms with van der Waals surface area (Å²) in [4.78, 5) is 0. The molecule has 2 rings (SSSR count). The van der Waals surface area contributed by atoms with Gasteiger partial charge in [-0.05, 0) is 24.8 Å². The Morgan fingerprint density at radius 1 is 1.43 bits per heavy atom. The lowest BCUT2D eigenvalue weighted by Crippen LogP contribution is -2.14. The van der Waals surface area contributed by atoms with Crippen molar-refractivity contribution in [3.8, 4) is 0 Å². The molecule has 1 aliphatic rings. The normalized spacial score (nSPS) is 27.4. The van der Waals surface area contributed by atoms with Gasteiger partial charge in [-0.15, -0.1) is 10.2 Å². The Morgan fingerprint density at radius 3 is 2.93 bits per heavy atom. The first kappa shape index (κ1) is 9.58. The standard InChI is InChI=1S/C9H17N5/c1-6(2)3-7-4-10-5-8(7)9-11-13-14-12-9/h6-8,10H,3-5H2,1-2H3,(H,11,12,13,14)/t7-,8-/m0/s1. The van der Waals surface area contributed by atoms with E-state index >= 15 is 0 Å². The zero-order chi connectivity index (χ0) is 9.97. The topological polar surface area (TPSA) is 66.5 Å². The number of hydrogen-bond acceptors (Lipinski definition) is 4. The van der Waals surface area contributed by atoms with Crippen molar-refractivity contribution in [2.24, 2.45) is 11.8 Å². The number of aromatic amines is 1. The molecule has 0 amide bonds. The van der Waals surface area contributed by atoms with Crippen molar-refractivity contribution in [1.82, 2.24) is 25.9 Å². The van der Waals surface area contributed by atoms with E-state index in [1.165, 1.54) is 6.42 Å². The zero-order valence-electron chi connectivity index (χ0n) is 8.70. The van der Waals surface area contributed by atoms with Crippen LogP contribution in [0.1, 0.15) is 32.0 Å². The SMILES string of the molecule is CC(C)C[C@H]1CNC[C@@H]1c1nn[nH]n1. The highest BCUT2D eigenvalue weighted by Gasteiger charge is 2.31. The molecule has 0 bridgehead atoms. The van der Waals surface area contributed by atoms with Gasteiger partial charge in [0.2, 0.25) is 0 Å². The monoisotopic (exact) mass is 195 g/mol. The van der Waals surface area contributed by atoms with Crippen LogP contribution < -0.4 is 5.32 Å². The molecule has 0 saturated carbocycles. The van der Waals surface area contributed by atoms with E-state index in [0.29, 0.717) is 11.8 Å². The van der Waals surface area contributed by atoms with Crippen molar-refractivity contribution in [3.63, 3.8) is 0 Å². The van der Waals surface area contributed by atoms with Crippen molar-refractivity contribution in [1.29, 1.82) is 0 Å². The summed E-state index contributed by atoms with van der Waals surface area (Å²) in [6.07, 6.45) is 1.23. The van der Waals surface area contributed by atoms with E-state index in [1.807, 2.05) is 0 Å². The lowest BCUT2D eigenvalue weighted by molar-refractivity contribution is 0.397. The fourth-order valence-corrected chi connectivity index (χ4v) is 2.21. The van der Waals surface area contributed by atoms with Gasteiger partial charge in [-0.3, -0.25) is 0 Å². The van der Waals surface area contributed by atoms with Crippen LogP contribution in [0, 0.1) is 11.8 Å². The summed E-state index contributed by atoms with van der Waals surface area (Å²) in [5, 5.41) is 17.7. The predicted octanol–water partition coefficient (Wildman–Crippen LogP) is 0.549. The van der Waals surface area contributed by atoms with Crippen LogP contribution >= 0.6 is 0 Å². The second kappa shape index (κ2) is 4.04. The highest BCUT2D eigenvalue weighted by Crippen LogP contribution is 2.29. The van der Waals surface area contributed by atoms with Gasteiger partial charge in [-0.25, -0.2) is 0 Å². The largest absolute Gasteiger partial charge is 0.316 e. The quantitative estimate of drug-likeness (QED) is 0.739. The van der Waals surface area contributed by atoms with Crippen LogP contribution in [0.2, 0.25) is 0 Å². The van der Waals surface area contributed by atoms with Crippen LogP contribution in [-0.4, -0.2) is 33.7 Å². The lowest BCUT2D eigenvalue weighted by atomic mass is 9.88. The maximum atomic E-state index is 4.07. The molecule has 0 spiro atoms. The van der Waals surface area contributed by atoms with E-state index in [0.717, 1.165) is 24.8 Å². The van der Waals surface area contributed by atoms with Crippen molar-refractivity contribution >= 4 is 0 Å². The zero-order valence-corrected chi connectivity index (χ0v) is 8.70. The molecule has 1 fully saturated rings. The van der Waals surface area contributed by atoms with Crippen LogP contribution in [0.15, 0.2) is 0 Å². The maximum absolute atomic E-state index is 4.07. The highest BCUT2D eigenvalue weighted by atomic mass is 15.5. The number of H-pyrrole nitrogens is 1. The molecule has 1 aliphatic heterocycles. The van der Waals surface area contributed by atoms with Crippen molar-refractivity contribution in [2.45, 2.75) is 26.2 Å². The van der Waals surface area contributed by atoms with Gasteiger partial charge in [0.15, 0.2) is 5.82 Å². The van der Waals surface area contributed by atoms with Gasteiger partial charge in [-0.1, -0.05) is 19.1 Å². The molecule has 5 nitrogen and oxygen atoms in total. The van der Waals surface area contributed by atoms with Crippen LogP contribution in [0.4, 0.5) is 0 Å². The van der Waals surface area contributed by atoms with E-state index in [4.69, 9.17) is 0 Å². The molecule has 2 N–H and O–H groups in total. The Morgan fingerprint density at radius 2 is 2.29 bits per heavy atom.